The van der Waals surface area contributed by atoms with Gasteiger partial charge in [0.1, 0.15) is 11.2 Å². The fourth-order valence-electron chi connectivity index (χ4n) is 5.42. The molecular formula is C27H25N3O3. The predicted molar refractivity (Wildman–Crippen MR) is 124 cm³/mol. The summed E-state index contributed by atoms with van der Waals surface area (Å²) in [6, 6.07) is 16.6. The Hall–Kier alpha value is -3.90. The number of hydrogen-bond donors (Lipinski definition) is 0. The topological polar surface area (TPSA) is 94.2 Å². The highest BCUT2D eigenvalue weighted by Gasteiger charge is 2.72. The lowest BCUT2D eigenvalue weighted by Crippen LogP contribution is -2.53. The molecule has 1 heterocycles. The van der Waals surface area contributed by atoms with Gasteiger partial charge in [0, 0.05) is 29.8 Å². The third-order valence-electron chi connectivity index (χ3n) is 7.01. The first-order valence-corrected chi connectivity index (χ1v) is 10.9. The zero-order valence-electron chi connectivity index (χ0n) is 19.2. The van der Waals surface area contributed by atoms with Gasteiger partial charge in [-0.05, 0) is 49.2 Å². The number of carbonyl (C=O) groups excluding carboxylic acids is 2. The van der Waals surface area contributed by atoms with Crippen LogP contribution >= 0.6 is 0 Å². The average Bonchev–Trinajstić information content (AvgIpc) is 3.24. The summed E-state index contributed by atoms with van der Waals surface area (Å²) < 4.78 is 5.20. The molecule has 1 amide bonds. The first-order valence-electron chi connectivity index (χ1n) is 10.9. The van der Waals surface area contributed by atoms with Gasteiger partial charge in [0.25, 0.3) is 0 Å². The fraction of sp³-hybridized carbons (Fsp3) is 0.333. The quantitative estimate of drug-likeness (QED) is 0.640. The number of hydrogen-bond acceptors (Lipinski definition) is 5. The summed E-state index contributed by atoms with van der Waals surface area (Å²) in [4.78, 5) is 29.4. The Labute approximate surface area is 193 Å². The van der Waals surface area contributed by atoms with Crippen LogP contribution in [0.4, 0.5) is 5.69 Å². The second kappa shape index (κ2) is 7.90. The number of amides is 1. The molecule has 0 bridgehead atoms. The van der Waals surface area contributed by atoms with Gasteiger partial charge in [-0.15, -0.1) is 0 Å². The Bertz CT molecular complexity index is 1250. The van der Waals surface area contributed by atoms with Crippen molar-refractivity contribution in [2.24, 2.45) is 11.3 Å². The van der Waals surface area contributed by atoms with Gasteiger partial charge in [0.05, 0.1) is 19.2 Å². The molecule has 2 aromatic carbocycles. The van der Waals surface area contributed by atoms with Crippen LogP contribution < -0.4 is 9.64 Å². The Morgan fingerprint density at radius 2 is 1.82 bits per heavy atom. The van der Waals surface area contributed by atoms with E-state index in [1.54, 1.807) is 44.5 Å². The van der Waals surface area contributed by atoms with Gasteiger partial charge >= 0.3 is 0 Å². The molecule has 0 saturated heterocycles. The molecule has 4 rings (SSSR count). The van der Waals surface area contributed by atoms with Crippen LogP contribution in [0.25, 0.3) is 0 Å². The fourth-order valence-corrected chi connectivity index (χ4v) is 5.42. The van der Waals surface area contributed by atoms with E-state index >= 15 is 0 Å². The summed E-state index contributed by atoms with van der Waals surface area (Å²) in [5.41, 5.74) is -0.795. The molecule has 2 aromatic rings. The average molecular weight is 440 g/mol. The van der Waals surface area contributed by atoms with Gasteiger partial charge in [-0.3, -0.25) is 9.59 Å². The van der Waals surface area contributed by atoms with Crippen molar-refractivity contribution < 1.29 is 14.3 Å². The van der Waals surface area contributed by atoms with Crippen LogP contribution in [-0.4, -0.2) is 25.8 Å². The van der Waals surface area contributed by atoms with E-state index in [9.17, 15) is 20.1 Å². The number of rotatable bonds is 5. The van der Waals surface area contributed by atoms with Crippen molar-refractivity contribution in [2.75, 3.05) is 19.1 Å². The molecule has 0 unspecified atom stereocenters. The number of nitriles is 2. The van der Waals surface area contributed by atoms with Crippen LogP contribution in [0.15, 0.2) is 54.1 Å². The molecule has 2 aliphatic rings. The summed E-state index contributed by atoms with van der Waals surface area (Å²) in [6.07, 6.45) is 2.93. The molecule has 0 N–H and O–H groups in total. The van der Waals surface area contributed by atoms with E-state index in [0.29, 0.717) is 35.4 Å². The van der Waals surface area contributed by atoms with E-state index < -0.39 is 22.7 Å². The van der Waals surface area contributed by atoms with Crippen molar-refractivity contribution in [1.82, 2.24) is 0 Å². The maximum atomic E-state index is 14.0. The number of Topliss-reactive ketones (excluding diaryl/α,β-unsaturated/α-hetero) is 1. The van der Waals surface area contributed by atoms with Crippen molar-refractivity contribution in [3.05, 3.63) is 70.8 Å². The number of ether oxygens (including phenoxy) is 1. The largest absolute Gasteiger partial charge is 0.497 e. The lowest BCUT2D eigenvalue weighted by Gasteiger charge is -2.37. The number of allylic oxidation sites excluding steroid dienone is 1. The lowest BCUT2D eigenvalue weighted by atomic mass is 9.57. The lowest BCUT2D eigenvalue weighted by molar-refractivity contribution is -0.123. The zero-order valence-corrected chi connectivity index (χ0v) is 19.2. The van der Waals surface area contributed by atoms with Gasteiger partial charge in [-0.2, -0.15) is 10.5 Å². The standard InChI is InChI=1S/C27H25N3O3/c1-5-6-19-14-22(24(31)18-8-10-20(33-4)11-9-18)27(26(19,15-28)16-29)21-13-17(2)7-12-23(21)30(3)25(27)32/h7-14,19H,5-6H2,1-4H3/t19-,27+/m0/s1. The Morgan fingerprint density at radius 3 is 2.39 bits per heavy atom. The highest BCUT2D eigenvalue weighted by Crippen LogP contribution is 2.63. The predicted octanol–water partition coefficient (Wildman–Crippen LogP) is 4.49. The number of anilines is 1. The Balaban J connectivity index is 2.05. The molecular weight excluding hydrogens is 414 g/mol. The molecule has 6 heteroatoms. The maximum absolute atomic E-state index is 14.0. The Kier molecular flexibility index (Phi) is 5.34. The van der Waals surface area contributed by atoms with Crippen LogP contribution in [0, 0.1) is 40.9 Å². The van der Waals surface area contributed by atoms with E-state index in [0.717, 1.165) is 5.56 Å². The number of ketones is 1. The van der Waals surface area contributed by atoms with Crippen molar-refractivity contribution in [3.8, 4) is 17.9 Å². The van der Waals surface area contributed by atoms with Crippen LogP contribution in [0.2, 0.25) is 0 Å². The van der Waals surface area contributed by atoms with Gasteiger partial charge in [-0.25, -0.2) is 0 Å². The van der Waals surface area contributed by atoms with Gasteiger partial charge in [0.2, 0.25) is 5.91 Å². The summed E-state index contributed by atoms with van der Waals surface area (Å²) in [5, 5.41) is 20.9. The van der Waals surface area contributed by atoms with Crippen LogP contribution in [0.3, 0.4) is 0 Å². The number of methoxy groups -OCH3 is 1. The molecule has 1 spiro atoms. The highest BCUT2D eigenvalue weighted by atomic mass is 16.5. The molecule has 2 atom stereocenters. The SMILES string of the molecule is CCC[C@H]1C=C(C(=O)c2ccc(OC)cc2)[C@]2(C(=O)N(C)c3ccc(C)cc32)C1(C#N)C#N. The molecule has 6 nitrogen and oxygen atoms in total. The van der Waals surface area contributed by atoms with E-state index in [2.05, 4.69) is 12.1 Å². The third kappa shape index (κ3) is 2.77. The molecule has 1 aliphatic heterocycles. The Morgan fingerprint density at radius 1 is 1.15 bits per heavy atom. The van der Waals surface area contributed by atoms with Crippen molar-refractivity contribution in [1.29, 1.82) is 10.5 Å². The van der Waals surface area contributed by atoms with Gasteiger partial charge < -0.3 is 9.64 Å². The van der Waals surface area contributed by atoms with E-state index in [-0.39, 0.29) is 11.4 Å². The summed E-state index contributed by atoms with van der Waals surface area (Å²) in [5.74, 6) is -0.731. The van der Waals surface area contributed by atoms with Crippen LogP contribution in [0.5, 0.6) is 5.75 Å². The molecule has 1 aliphatic carbocycles. The minimum Gasteiger partial charge on any atom is -0.497 e. The zero-order chi connectivity index (χ0) is 24.0. The maximum Gasteiger partial charge on any atom is 0.244 e. The summed E-state index contributed by atoms with van der Waals surface area (Å²) in [6.45, 7) is 3.86. The number of aryl methyl sites for hydroxylation is 1. The number of carbonyl (C=O) groups is 2. The van der Waals surface area contributed by atoms with E-state index in [1.165, 1.54) is 4.90 Å². The number of benzene rings is 2. The molecule has 33 heavy (non-hydrogen) atoms. The highest BCUT2D eigenvalue weighted by molar-refractivity contribution is 6.22. The molecule has 0 fully saturated rings. The van der Waals surface area contributed by atoms with Crippen molar-refractivity contribution in [3.63, 3.8) is 0 Å². The monoisotopic (exact) mass is 439 g/mol. The molecule has 0 saturated carbocycles. The second-order valence-electron chi connectivity index (χ2n) is 8.70. The number of fused-ring (bicyclic) bond motifs is 2. The minimum absolute atomic E-state index is 0.204. The molecule has 0 aromatic heterocycles. The minimum atomic E-state index is -1.73. The molecule has 166 valence electrons. The summed E-state index contributed by atoms with van der Waals surface area (Å²) >= 11 is 0. The normalized spacial score (nSPS) is 22.5. The van der Waals surface area contributed by atoms with Crippen molar-refractivity contribution in [2.45, 2.75) is 32.1 Å². The van der Waals surface area contributed by atoms with Crippen molar-refractivity contribution >= 4 is 17.4 Å². The van der Waals surface area contributed by atoms with E-state index in [4.69, 9.17) is 4.74 Å². The van der Waals surface area contributed by atoms with E-state index in [1.807, 2.05) is 32.0 Å². The number of likely N-dealkylation sites (N-methyl/N-ethyl adjacent to an activating group) is 1. The molecule has 0 radical (unpaired) electrons. The van der Waals surface area contributed by atoms with Crippen LogP contribution in [0.1, 0.15) is 41.3 Å². The second-order valence-corrected chi connectivity index (χ2v) is 8.70. The van der Waals surface area contributed by atoms with Crippen LogP contribution in [-0.2, 0) is 10.2 Å². The van der Waals surface area contributed by atoms with Gasteiger partial charge in [-0.1, -0.05) is 37.1 Å². The van der Waals surface area contributed by atoms with Gasteiger partial charge in [0.15, 0.2) is 11.2 Å². The third-order valence-corrected chi connectivity index (χ3v) is 7.01. The first kappa shape index (κ1) is 22.3. The smallest absolute Gasteiger partial charge is 0.244 e. The summed E-state index contributed by atoms with van der Waals surface area (Å²) in [7, 11) is 3.18. The number of nitrogens with zero attached hydrogens (tertiary/aromatic N) is 3. The first-order chi connectivity index (χ1) is 15.8.